The number of aromatic amines is 1. The van der Waals surface area contributed by atoms with Gasteiger partial charge in [0.2, 0.25) is 5.91 Å². The number of methoxy groups -OCH3 is 1. The SMILES string of the molecule is COCCN1C(=O)CNc2ncc(-c3cnc4[nH]ccc4c3)nc21. The van der Waals surface area contributed by atoms with E-state index in [9.17, 15) is 4.79 Å². The Bertz CT molecular complexity index is 906. The standard InChI is InChI=1S/C16H16N6O2/c1-24-5-4-22-13(23)9-20-15-16(22)21-12(8-19-15)11-6-10-2-3-17-14(10)18-7-11/h2-3,6-8H,4-5,9H2,1H3,(H,17,18)(H,19,20). The first-order chi connectivity index (χ1) is 11.8. The summed E-state index contributed by atoms with van der Waals surface area (Å²) in [7, 11) is 1.60. The van der Waals surface area contributed by atoms with Gasteiger partial charge in [-0.15, -0.1) is 0 Å². The molecule has 24 heavy (non-hydrogen) atoms. The number of fused-ring (bicyclic) bond motifs is 2. The first-order valence-corrected chi connectivity index (χ1v) is 7.60. The monoisotopic (exact) mass is 324 g/mol. The number of ether oxygens (including phenoxy) is 1. The van der Waals surface area contributed by atoms with Crippen molar-refractivity contribution in [1.29, 1.82) is 0 Å². The van der Waals surface area contributed by atoms with Gasteiger partial charge >= 0.3 is 0 Å². The predicted molar refractivity (Wildman–Crippen MR) is 89.8 cm³/mol. The molecule has 0 fully saturated rings. The van der Waals surface area contributed by atoms with Gasteiger partial charge in [-0.2, -0.15) is 0 Å². The Balaban J connectivity index is 1.75. The van der Waals surface area contributed by atoms with E-state index in [-0.39, 0.29) is 12.5 Å². The molecule has 0 aromatic carbocycles. The molecule has 0 saturated heterocycles. The van der Waals surface area contributed by atoms with E-state index >= 15 is 0 Å². The number of H-pyrrole nitrogens is 1. The Morgan fingerprint density at radius 3 is 3.12 bits per heavy atom. The predicted octanol–water partition coefficient (Wildman–Crippen LogP) is 1.42. The molecule has 3 aromatic rings. The number of amides is 1. The van der Waals surface area contributed by atoms with Crippen LogP contribution in [0.5, 0.6) is 0 Å². The van der Waals surface area contributed by atoms with Gasteiger partial charge in [0, 0.05) is 30.5 Å². The average molecular weight is 324 g/mol. The molecular weight excluding hydrogens is 308 g/mol. The smallest absolute Gasteiger partial charge is 0.247 e. The minimum absolute atomic E-state index is 0.0507. The second-order valence-electron chi connectivity index (χ2n) is 5.46. The van der Waals surface area contributed by atoms with Gasteiger partial charge in [0.15, 0.2) is 11.6 Å². The number of aromatic nitrogens is 4. The Morgan fingerprint density at radius 1 is 1.33 bits per heavy atom. The Kier molecular flexibility index (Phi) is 3.58. The Labute approximate surface area is 137 Å². The average Bonchev–Trinajstić information content (AvgIpc) is 3.08. The van der Waals surface area contributed by atoms with Gasteiger partial charge in [-0.05, 0) is 12.1 Å². The molecule has 1 aliphatic heterocycles. The molecule has 1 aliphatic rings. The van der Waals surface area contributed by atoms with Gasteiger partial charge in [0.05, 0.1) is 31.6 Å². The molecule has 8 nitrogen and oxygen atoms in total. The number of rotatable bonds is 4. The van der Waals surface area contributed by atoms with Crippen LogP contribution in [0, 0.1) is 0 Å². The second kappa shape index (κ2) is 5.89. The van der Waals surface area contributed by atoms with Crippen LogP contribution >= 0.6 is 0 Å². The highest BCUT2D eigenvalue weighted by atomic mass is 16.5. The number of carbonyl (C=O) groups is 1. The molecule has 0 atom stereocenters. The molecule has 0 radical (unpaired) electrons. The molecule has 3 aromatic heterocycles. The number of carbonyl (C=O) groups excluding carboxylic acids is 1. The van der Waals surface area contributed by atoms with E-state index in [1.807, 2.05) is 18.3 Å². The van der Waals surface area contributed by atoms with Gasteiger partial charge in [-0.3, -0.25) is 9.69 Å². The van der Waals surface area contributed by atoms with Gasteiger partial charge < -0.3 is 15.0 Å². The topological polar surface area (TPSA) is 96.0 Å². The molecular formula is C16H16N6O2. The molecule has 4 rings (SSSR count). The highest BCUT2D eigenvalue weighted by Crippen LogP contribution is 2.29. The summed E-state index contributed by atoms with van der Waals surface area (Å²) in [5.74, 6) is 1.07. The fourth-order valence-electron chi connectivity index (χ4n) is 2.70. The van der Waals surface area contributed by atoms with Crippen molar-refractivity contribution in [2.75, 3.05) is 37.0 Å². The molecule has 0 unspecified atom stereocenters. The highest BCUT2D eigenvalue weighted by molar-refractivity contribution is 6.01. The van der Waals surface area contributed by atoms with Crippen LogP contribution in [0.3, 0.4) is 0 Å². The zero-order chi connectivity index (χ0) is 16.5. The van der Waals surface area contributed by atoms with Gasteiger partial charge in [-0.1, -0.05) is 0 Å². The summed E-state index contributed by atoms with van der Waals surface area (Å²) in [6.07, 6.45) is 5.27. The van der Waals surface area contributed by atoms with Crippen molar-refractivity contribution in [1.82, 2.24) is 19.9 Å². The fraction of sp³-hybridized carbons (Fsp3) is 0.250. The van der Waals surface area contributed by atoms with Gasteiger partial charge in [0.25, 0.3) is 0 Å². The van der Waals surface area contributed by atoms with Crippen LogP contribution in [0.25, 0.3) is 22.3 Å². The van der Waals surface area contributed by atoms with E-state index in [2.05, 4.69) is 25.3 Å². The van der Waals surface area contributed by atoms with E-state index in [0.717, 1.165) is 16.6 Å². The fourth-order valence-corrected chi connectivity index (χ4v) is 2.70. The summed E-state index contributed by atoms with van der Waals surface area (Å²) >= 11 is 0. The largest absolute Gasteiger partial charge is 0.383 e. The lowest BCUT2D eigenvalue weighted by molar-refractivity contribution is -0.117. The summed E-state index contributed by atoms with van der Waals surface area (Å²) in [6.45, 7) is 1.09. The molecule has 2 N–H and O–H groups in total. The molecule has 0 saturated carbocycles. The van der Waals surface area contributed by atoms with Crippen molar-refractivity contribution in [3.8, 4) is 11.3 Å². The van der Waals surface area contributed by atoms with Gasteiger partial charge in [0.1, 0.15) is 5.65 Å². The maximum Gasteiger partial charge on any atom is 0.247 e. The van der Waals surface area contributed by atoms with E-state index in [1.165, 1.54) is 0 Å². The van der Waals surface area contributed by atoms with Crippen LogP contribution in [0.1, 0.15) is 0 Å². The summed E-state index contributed by atoms with van der Waals surface area (Å²) in [6, 6.07) is 3.94. The highest BCUT2D eigenvalue weighted by Gasteiger charge is 2.26. The molecule has 122 valence electrons. The maximum atomic E-state index is 12.2. The minimum Gasteiger partial charge on any atom is -0.383 e. The third kappa shape index (κ3) is 2.46. The summed E-state index contributed by atoms with van der Waals surface area (Å²) in [5.41, 5.74) is 2.34. The molecule has 8 heteroatoms. The third-order valence-corrected chi connectivity index (χ3v) is 3.93. The number of anilines is 2. The Hall–Kier alpha value is -3.00. The van der Waals surface area contributed by atoms with E-state index in [0.29, 0.717) is 30.5 Å². The zero-order valence-electron chi connectivity index (χ0n) is 13.1. The van der Waals surface area contributed by atoms with E-state index in [4.69, 9.17) is 4.74 Å². The van der Waals surface area contributed by atoms with Crippen LogP contribution < -0.4 is 10.2 Å². The van der Waals surface area contributed by atoms with Crippen LogP contribution in [0.2, 0.25) is 0 Å². The number of nitrogens with zero attached hydrogens (tertiary/aromatic N) is 4. The first-order valence-electron chi connectivity index (χ1n) is 7.60. The normalized spacial score (nSPS) is 13.9. The lowest BCUT2D eigenvalue weighted by Crippen LogP contribution is -2.42. The summed E-state index contributed by atoms with van der Waals surface area (Å²) in [5, 5.41) is 3.99. The van der Waals surface area contributed by atoms with Crippen LogP contribution in [-0.2, 0) is 9.53 Å². The van der Waals surface area contributed by atoms with Crippen molar-refractivity contribution in [3.05, 3.63) is 30.7 Å². The molecule has 0 bridgehead atoms. The summed E-state index contributed by atoms with van der Waals surface area (Å²) < 4.78 is 5.09. The number of hydrogen-bond donors (Lipinski definition) is 2. The zero-order valence-corrected chi connectivity index (χ0v) is 13.1. The third-order valence-electron chi connectivity index (χ3n) is 3.93. The first kappa shape index (κ1) is 14.6. The lowest BCUT2D eigenvalue weighted by Gasteiger charge is -2.28. The molecule has 0 aliphatic carbocycles. The van der Waals surface area contributed by atoms with Crippen LogP contribution in [0.15, 0.2) is 30.7 Å². The molecule has 0 spiro atoms. The van der Waals surface area contributed by atoms with E-state index in [1.54, 1.807) is 24.4 Å². The van der Waals surface area contributed by atoms with Crippen molar-refractivity contribution in [3.63, 3.8) is 0 Å². The molecule has 1 amide bonds. The number of nitrogens with one attached hydrogen (secondary N) is 2. The quantitative estimate of drug-likeness (QED) is 0.753. The van der Waals surface area contributed by atoms with Gasteiger partial charge in [-0.25, -0.2) is 15.0 Å². The second-order valence-corrected chi connectivity index (χ2v) is 5.46. The minimum atomic E-state index is -0.0507. The lowest BCUT2D eigenvalue weighted by atomic mass is 10.2. The Morgan fingerprint density at radius 2 is 2.25 bits per heavy atom. The van der Waals surface area contributed by atoms with Crippen molar-refractivity contribution in [2.45, 2.75) is 0 Å². The van der Waals surface area contributed by atoms with Crippen molar-refractivity contribution < 1.29 is 9.53 Å². The van der Waals surface area contributed by atoms with E-state index < -0.39 is 0 Å². The molecule has 4 heterocycles. The van der Waals surface area contributed by atoms with Crippen LogP contribution in [0.4, 0.5) is 11.6 Å². The summed E-state index contributed by atoms with van der Waals surface area (Å²) in [4.78, 5) is 30.3. The number of hydrogen-bond acceptors (Lipinski definition) is 6. The van der Waals surface area contributed by atoms with Crippen molar-refractivity contribution in [2.24, 2.45) is 0 Å². The van der Waals surface area contributed by atoms with Crippen LogP contribution in [-0.4, -0.2) is 52.6 Å². The maximum absolute atomic E-state index is 12.2. The van der Waals surface area contributed by atoms with Crippen molar-refractivity contribution >= 4 is 28.6 Å². The number of pyridine rings is 1.